The Balaban J connectivity index is 2.86. The summed E-state index contributed by atoms with van der Waals surface area (Å²) >= 11 is 7.93. The third-order valence-electron chi connectivity index (χ3n) is 2.76. The van der Waals surface area contributed by atoms with Gasteiger partial charge in [0.15, 0.2) is 0 Å². The molecule has 4 heteroatoms. The summed E-state index contributed by atoms with van der Waals surface area (Å²) in [5.41, 5.74) is 1.12. The van der Waals surface area contributed by atoms with Crippen LogP contribution in [0.1, 0.15) is 33.3 Å². The third kappa shape index (κ3) is 4.81. The quantitative estimate of drug-likeness (QED) is 0.783. The van der Waals surface area contributed by atoms with Crippen LogP contribution in [0.25, 0.3) is 0 Å². The molecular formula is C14H22ClNOS. The number of hydrogen-bond donors (Lipinski definition) is 2. The van der Waals surface area contributed by atoms with Crippen molar-refractivity contribution in [1.29, 1.82) is 0 Å². The predicted molar refractivity (Wildman–Crippen MR) is 80.4 cm³/mol. The first-order valence-electron chi connectivity index (χ1n) is 6.27. The van der Waals surface area contributed by atoms with E-state index in [1.165, 1.54) is 0 Å². The van der Waals surface area contributed by atoms with Crippen LogP contribution >= 0.6 is 23.4 Å². The van der Waals surface area contributed by atoms with Crippen LogP contribution < -0.4 is 5.32 Å². The molecule has 0 heterocycles. The SMILES string of the molecule is CC(C)NCc1c(Cl)cccc1SC(C)C(C)O. The van der Waals surface area contributed by atoms with Crippen molar-refractivity contribution in [1.82, 2.24) is 5.32 Å². The van der Waals surface area contributed by atoms with Crippen molar-refractivity contribution in [2.24, 2.45) is 0 Å². The average Bonchev–Trinajstić information content (AvgIpc) is 2.27. The number of halogens is 1. The van der Waals surface area contributed by atoms with E-state index in [2.05, 4.69) is 25.2 Å². The Morgan fingerprint density at radius 3 is 2.50 bits per heavy atom. The predicted octanol–water partition coefficient (Wildman–Crippen LogP) is 3.70. The number of hydrogen-bond acceptors (Lipinski definition) is 3. The number of rotatable bonds is 6. The molecule has 1 aromatic rings. The third-order valence-corrected chi connectivity index (χ3v) is 4.51. The van der Waals surface area contributed by atoms with Gasteiger partial charge in [0, 0.05) is 27.8 Å². The summed E-state index contributed by atoms with van der Waals surface area (Å²) in [6, 6.07) is 6.36. The summed E-state index contributed by atoms with van der Waals surface area (Å²) in [7, 11) is 0. The lowest BCUT2D eigenvalue weighted by molar-refractivity contribution is 0.196. The van der Waals surface area contributed by atoms with Crippen LogP contribution in [0.15, 0.2) is 23.1 Å². The first kappa shape index (κ1) is 15.8. The highest BCUT2D eigenvalue weighted by Gasteiger charge is 2.14. The van der Waals surface area contributed by atoms with Crippen LogP contribution in [-0.2, 0) is 6.54 Å². The smallest absolute Gasteiger partial charge is 0.0631 e. The Kier molecular flexibility index (Phi) is 6.50. The highest BCUT2D eigenvalue weighted by atomic mass is 35.5. The zero-order valence-electron chi connectivity index (χ0n) is 11.4. The minimum Gasteiger partial charge on any atom is -0.392 e. The summed E-state index contributed by atoms with van der Waals surface area (Å²) in [5.74, 6) is 0. The van der Waals surface area contributed by atoms with Gasteiger partial charge in [0.05, 0.1) is 6.10 Å². The maximum atomic E-state index is 9.59. The van der Waals surface area contributed by atoms with Crippen LogP contribution in [0.2, 0.25) is 5.02 Å². The Morgan fingerprint density at radius 2 is 1.94 bits per heavy atom. The minimum atomic E-state index is -0.333. The van der Waals surface area contributed by atoms with Gasteiger partial charge in [-0.25, -0.2) is 0 Å². The molecule has 0 aliphatic rings. The van der Waals surface area contributed by atoms with Crippen molar-refractivity contribution >= 4 is 23.4 Å². The molecule has 0 aliphatic carbocycles. The number of thioether (sulfide) groups is 1. The van der Waals surface area contributed by atoms with Crippen molar-refractivity contribution in [3.8, 4) is 0 Å². The highest BCUT2D eigenvalue weighted by molar-refractivity contribution is 8.00. The number of nitrogens with one attached hydrogen (secondary N) is 1. The summed E-state index contributed by atoms with van der Waals surface area (Å²) < 4.78 is 0. The molecule has 0 aromatic heterocycles. The largest absolute Gasteiger partial charge is 0.392 e. The fourth-order valence-corrected chi connectivity index (χ4v) is 2.80. The number of aliphatic hydroxyl groups excluding tert-OH is 1. The molecule has 0 spiro atoms. The standard InChI is InChI=1S/C14H22ClNOS/c1-9(2)16-8-12-13(15)6-5-7-14(12)18-11(4)10(3)17/h5-7,9-11,16-17H,8H2,1-4H3. The summed E-state index contributed by atoms with van der Waals surface area (Å²) in [5, 5.41) is 13.9. The molecule has 2 unspecified atom stereocenters. The van der Waals surface area contributed by atoms with Gasteiger partial charge in [0.2, 0.25) is 0 Å². The molecule has 102 valence electrons. The second kappa shape index (κ2) is 7.39. The molecule has 0 bridgehead atoms. The Morgan fingerprint density at radius 1 is 1.28 bits per heavy atom. The highest BCUT2D eigenvalue weighted by Crippen LogP contribution is 2.32. The normalized spacial score (nSPS) is 14.8. The molecule has 0 fully saturated rings. The Hall–Kier alpha value is -0.220. The molecule has 2 nitrogen and oxygen atoms in total. The lowest BCUT2D eigenvalue weighted by Crippen LogP contribution is -2.22. The average molecular weight is 288 g/mol. The monoisotopic (exact) mass is 287 g/mol. The van der Waals surface area contributed by atoms with Crippen LogP contribution in [0.3, 0.4) is 0 Å². The molecule has 2 N–H and O–H groups in total. The van der Waals surface area contributed by atoms with Gasteiger partial charge in [-0.3, -0.25) is 0 Å². The first-order chi connectivity index (χ1) is 8.41. The van der Waals surface area contributed by atoms with E-state index in [0.717, 1.165) is 22.0 Å². The van der Waals surface area contributed by atoms with Gasteiger partial charge in [0.25, 0.3) is 0 Å². The van der Waals surface area contributed by atoms with Crippen molar-refractivity contribution in [2.45, 2.75) is 56.5 Å². The Bertz CT molecular complexity index is 382. The van der Waals surface area contributed by atoms with Gasteiger partial charge in [-0.1, -0.05) is 38.4 Å². The van der Waals surface area contributed by atoms with E-state index in [4.69, 9.17) is 11.6 Å². The summed E-state index contributed by atoms with van der Waals surface area (Å²) in [6.07, 6.45) is -0.333. The maximum absolute atomic E-state index is 9.59. The van der Waals surface area contributed by atoms with Crippen LogP contribution in [-0.4, -0.2) is 22.5 Å². The topological polar surface area (TPSA) is 32.3 Å². The van der Waals surface area contributed by atoms with Crippen molar-refractivity contribution in [3.63, 3.8) is 0 Å². The number of benzene rings is 1. The molecule has 1 rings (SSSR count). The van der Waals surface area contributed by atoms with Gasteiger partial charge in [0.1, 0.15) is 0 Å². The van der Waals surface area contributed by atoms with E-state index in [1.807, 2.05) is 26.0 Å². The van der Waals surface area contributed by atoms with Gasteiger partial charge in [-0.15, -0.1) is 11.8 Å². The van der Waals surface area contributed by atoms with Crippen LogP contribution in [0.4, 0.5) is 0 Å². The summed E-state index contributed by atoms with van der Waals surface area (Å²) in [4.78, 5) is 1.14. The molecule has 0 saturated carbocycles. The molecule has 0 amide bonds. The fourth-order valence-electron chi connectivity index (χ4n) is 1.43. The van der Waals surface area contributed by atoms with Crippen molar-refractivity contribution in [2.75, 3.05) is 0 Å². The zero-order valence-corrected chi connectivity index (χ0v) is 13.0. The van der Waals surface area contributed by atoms with E-state index in [0.29, 0.717) is 6.04 Å². The van der Waals surface area contributed by atoms with E-state index < -0.39 is 0 Å². The van der Waals surface area contributed by atoms with Crippen LogP contribution in [0.5, 0.6) is 0 Å². The van der Waals surface area contributed by atoms with Gasteiger partial charge < -0.3 is 10.4 Å². The minimum absolute atomic E-state index is 0.154. The van der Waals surface area contributed by atoms with E-state index >= 15 is 0 Å². The molecule has 1 aromatic carbocycles. The van der Waals surface area contributed by atoms with E-state index in [9.17, 15) is 5.11 Å². The van der Waals surface area contributed by atoms with Crippen molar-refractivity contribution in [3.05, 3.63) is 28.8 Å². The molecule has 0 saturated heterocycles. The first-order valence-corrected chi connectivity index (χ1v) is 7.53. The fraction of sp³-hybridized carbons (Fsp3) is 0.571. The van der Waals surface area contributed by atoms with E-state index in [-0.39, 0.29) is 11.4 Å². The van der Waals surface area contributed by atoms with Gasteiger partial charge >= 0.3 is 0 Å². The van der Waals surface area contributed by atoms with Crippen molar-refractivity contribution < 1.29 is 5.11 Å². The second-order valence-electron chi connectivity index (χ2n) is 4.82. The maximum Gasteiger partial charge on any atom is 0.0631 e. The van der Waals surface area contributed by atoms with Gasteiger partial charge in [-0.05, 0) is 24.6 Å². The van der Waals surface area contributed by atoms with Crippen LogP contribution in [0, 0.1) is 0 Å². The number of aliphatic hydroxyl groups is 1. The summed E-state index contributed by atoms with van der Waals surface area (Å²) in [6.45, 7) is 8.82. The Labute approximate surface area is 119 Å². The van der Waals surface area contributed by atoms with Gasteiger partial charge in [-0.2, -0.15) is 0 Å². The molecule has 0 aliphatic heterocycles. The van der Waals surface area contributed by atoms with E-state index in [1.54, 1.807) is 11.8 Å². The second-order valence-corrected chi connectivity index (χ2v) is 6.64. The lowest BCUT2D eigenvalue weighted by atomic mass is 10.2. The molecule has 18 heavy (non-hydrogen) atoms. The molecule has 2 atom stereocenters. The molecular weight excluding hydrogens is 266 g/mol. The molecule has 0 radical (unpaired) electrons. The lowest BCUT2D eigenvalue weighted by Gasteiger charge is -2.18. The zero-order chi connectivity index (χ0) is 13.7.